The molecule has 2 atom stereocenters. The number of hydrogen-bond acceptors (Lipinski definition) is 1. The Morgan fingerprint density at radius 2 is 2.05 bits per heavy atom. The van der Waals surface area contributed by atoms with E-state index in [1.807, 2.05) is 7.05 Å². The molecule has 0 amide bonds. The van der Waals surface area contributed by atoms with E-state index in [1.165, 1.54) is 31.2 Å². The number of unbranched alkanes of at least 4 members (excludes halogenated alkanes) is 2. The minimum atomic E-state index is 0.541. The molecule has 1 aliphatic rings. The largest absolute Gasteiger partial charge is 0.356 e. The number of guanidine groups is 1. The van der Waals surface area contributed by atoms with Crippen LogP contribution in [-0.2, 0) is 0 Å². The second-order valence-corrected chi connectivity index (χ2v) is 5.21. The Kier molecular flexibility index (Phi) is 5.25. The smallest absolute Gasteiger partial charge is 0.191 e. The second-order valence-electron chi connectivity index (χ2n) is 5.21. The van der Waals surface area contributed by atoms with Crippen LogP contribution in [0, 0.1) is 0 Å². The van der Waals surface area contributed by atoms with Gasteiger partial charge in [-0.3, -0.25) is 4.99 Å². The first-order valence-electron chi connectivity index (χ1n) is 7.37. The van der Waals surface area contributed by atoms with Crippen LogP contribution in [0.5, 0.6) is 0 Å². The van der Waals surface area contributed by atoms with Crippen LogP contribution in [0.25, 0.3) is 0 Å². The van der Waals surface area contributed by atoms with E-state index in [0.717, 1.165) is 12.5 Å². The first-order chi connectivity index (χ1) is 9.35. The van der Waals surface area contributed by atoms with Gasteiger partial charge < -0.3 is 10.6 Å². The summed E-state index contributed by atoms with van der Waals surface area (Å²) in [5.41, 5.74) is 1.43. The van der Waals surface area contributed by atoms with Crippen LogP contribution >= 0.6 is 0 Å². The lowest BCUT2D eigenvalue weighted by Gasteiger charge is -2.11. The predicted molar refractivity (Wildman–Crippen MR) is 81.6 cm³/mol. The van der Waals surface area contributed by atoms with Crippen LogP contribution in [0.15, 0.2) is 35.3 Å². The van der Waals surface area contributed by atoms with Crippen molar-refractivity contribution in [2.45, 2.75) is 44.6 Å². The lowest BCUT2D eigenvalue weighted by molar-refractivity contribution is 0.681. The summed E-state index contributed by atoms with van der Waals surface area (Å²) >= 11 is 0. The van der Waals surface area contributed by atoms with E-state index in [-0.39, 0.29) is 0 Å². The van der Waals surface area contributed by atoms with Crippen LogP contribution in [0.1, 0.15) is 44.1 Å². The topological polar surface area (TPSA) is 36.4 Å². The lowest BCUT2D eigenvalue weighted by Crippen LogP contribution is -2.39. The zero-order valence-electron chi connectivity index (χ0n) is 12.0. The summed E-state index contributed by atoms with van der Waals surface area (Å²) in [6.07, 6.45) is 4.95. The summed E-state index contributed by atoms with van der Waals surface area (Å²) in [6, 6.07) is 11.3. The molecule has 3 nitrogen and oxygen atoms in total. The molecular formula is C16H25N3. The molecule has 3 heteroatoms. The van der Waals surface area contributed by atoms with E-state index >= 15 is 0 Å². The molecule has 1 aromatic carbocycles. The molecule has 0 aromatic heterocycles. The van der Waals surface area contributed by atoms with Crippen molar-refractivity contribution in [2.24, 2.45) is 4.99 Å². The molecule has 0 radical (unpaired) electrons. The number of aliphatic imine (C=N–C) groups is 1. The highest BCUT2D eigenvalue weighted by atomic mass is 15.2. The first kappa shape index (κ1) is 13.9. The van der Waals surface area contributed by atoms with Gasteiger partial charge >= 0.3 is 0 Å². The average molecular weight is 259 g/mol. The Labute approximate surface area is 116 Å². The average Bonchev–Trinajstić information content (AvgIpc) is 3.22. The zero-order chi connectivity index (χ0) is 13.5. The Morgan fingerprint density at radius 1 is 1.26 bits per heavy atom. The molecule has 2 rings (SSSR count). The highest BCUT2D eigenvalue weighted by molar-refractivity contribution is 5.80. The van der Waals surface area contributed by atoms with Gasteiger partial charge in [-0.05, 0) is 18.4 Å². The quantitative estimate of drug-likeness (QED) is 0.468. The van der Waals surface area contributed by atoms with Crippen LogP contribution in [0.2, 0.25) is 0 Å². The van der Waals surface area contributed by atoms with E-state index < -0.39 is 0 Å². The monoisotopic (exact) mass is 259 g/mol. The molecule has 0 spiro atoms. The molecule has 104 valence electrons. The molecule has 2 unspecified atom stereocenters. The van der Waals surface area contributed by atoms with Crippen molar-refractivity contribution >= 4 is 5.96 Å². The number of nitrogens with one attached hydrogen (secondary N) is 2. The minimum Gasteiger partial charge on any atom is -0.356 e. The summed E-state index contributed by atoms with van der Waals surface area (Å²) in [4.78, 5) is 4.29. The Balaban J connectivity index is 1.73. The van der Waals surface area contributed by atoms with Crippen LogP contribution in [-0.4, -0.2) is 25.6 Å². The molecule has 0 bridgehead atoms. The van der Waals surface area contributed by atoms with Gasteiger partial charge in [-0.15, -0.1) is 0 Å². The number of benzene rings is 1. The summed E-state index contributed by atoms with van der Waals surface area (Å²) in [6.45, 7) is 3.23. The van der Waals surface area contributed by atoms with Gasteiger partial charge in [0.05, 0.1) is 0 Å². The normalized spacial score (nSPS) is 22.1. The number of hydrogen-bond donors (Lipinski definition) is 2. The summed E-state index contributed by atoms with van der Waals surface area (Å²) < 4.78 is 0. The van der Waals surface area contributed by atoms with E-state index in [2.05, 4.69) is 52.9 Å². The van der Waals surface area contributed by atoms with Gasteiger partial charge in [-0.1, -0.05) is 50.1 Å². The molecule has 0 aliphatic heterocycles. The van der Waals surface area contributed by atoms with Gasteiger partial charge in [0.1, 0.15) is 0 Å². The van der Waals surface area contributed by atoms with E-state index in [9.17, 15) is 0 Å². The third-order valence-corrected chi connectivity index (χ3v) is 3.64. The van der Waals surface area contributed by atoms with Crippen molar-refractivity contribution in [2.75, 3.05) is 13.6 Å². The maximum absolute atomic E-state index is 4.29. The third-order valence-electron chi connectivity index (χ3n) is 3.64. The maximum Gasteiger partial charge on any atom is 0.191 e. The van der Waals surface area contributed by atoms with Gasteiger partial charge in [0.2, 0.25) is 0 Å². The molecule has 1 aliphatic carbocycles. The van der Waals surface area contributed by atoms with Crippen molar-refractivity contribution in [1.82, 2.24) is 10.6 Å². The summed E-state index contributed by atoms with van der Waals surface area (Å²) in [7, 11) is 1.84. The van der Waals surface area contributed by atoms with Crippen LogP contribution < -0.4 is 10.6 Å². The fourth-order valence-corrected chi connectivity index (χ4v) is 2.38. The minimum absolute atomic E-state index is 0.541. The summed E-state index contributed by atoms with van der Waals surface area (Å²) in [5, 5.41) is 6.89. The van der Waals surface area contributed by atoms with E-state index in [0.29, 0.717) is 12.0 Å². The molecule has 19 heavy (non-hydrogen) atoms. The zero-order valence-corrected chi connectivity index (χ0v) is 12.0. The van der Waals surface area contributed by atoms with Crippen LogP contribution in [0.3, 0.4) is 0 Å². The van der Waals surface area contributed by atoms with Gasteiger partial charge in [-0.25, -0.2) is 0 Å². The predicted octanol–water partition coefficient (Wildman–Crippen LogP) is 2.90. The summed E-state index contributed by atoms with van der Waals surface area (Å²) in [5.74, 6) is 1.59. The van der Waals surface area contributed by atoms with Crippen molar-refractivity contribution in [1.29, 1.82) is 0 Å². The van der Waals surface area contributed by atoms with Crippen molar-refractivity contribution in [3.05, 3.63) is 35.9 Å². The fraction of sp³-hybridized carbons (Fsp3) is 0.562. The number of rotatable bonds is 6. The molecule has 0 heterocycles. The first-order valence-corrected chi connectivity index (χ1v) is 7.37. The number of nitrogens with zero attached hydrogens (tertiary/aromatic N) is 1. The lowest BCUT2D eigenvalue weighted by atomic mass is 10.1. The third kappa shape index (κ3) is 4.27. The molecule has 1 saturated carbocycles. The van der Waals surface area contributed by atoms with Gasteiger partial charge in [0.25, 0.3) is 0 Å². The maximum atomic E-state index is 4.29. The molecular weight excluding hydrogens is 234 g/mol. The SMILES string of the molecule is CCCCCNC(=NC)NC1CC1c1ccccc1. The van der Waals surface area contributed by atoms with Gasteiger partial charge in [-0.2, -0.15) is 0 Å². The van der Waals surface area contributed by atoms with Gasteiger partial charge in [0.15, 0.2) is 5.96 Å². The molecule has 1 aromatic rings. The Morgan fingerprint density at radius 3 is 2.74 bits per heavy atom. The van der Waals surface area contributed by atoms with Gasteiger partial charge in [0, 0.05) is 25.6 Å². The fourth-order valence-electron chi connectivity index (χ4n) is 2.38. The Hall–Kier alpha value is -1.51. The van der Waals surface area contributed by atoms with Crippen molar-refractivity contribution in [3.8, 4) is 0 Å². The molecule has 1 fully saturated rings. The van der Waals surface area contributed by atoms with Crippen LogP contribution in [0.4, 0.5) is 0 Å². The standard InChI is InChI=1S/C16H25N3/c1-3-4-8-11-18-16(17-2)19-15-12-14(15)13-9-6-5-7-10-13/h5-7,9-10,14-15H,3-4,8,11-12H2,1-2H3,(H2,17,18,19). The van der Waals surface area contributed by atoms with E-state index in [1.54, 1.807) is 0 Å². The highest BCUT2D eigenvalue weighted by Gasteiger charge is 2.38. The highest BCUT2D eigenvalue weighted by Crippen LogP contribution is 2.40. The van der Waals surface area contributed by atoms with Crippen molar-refractivity contribution in [3.63, 3.8) is 0 Å². The molecule has 2 N–H and O–H groups in total. The van der Waals surface area contributed by atoms with Crippen molar-refractivity contribution < 1.29 is 0 Å². The van der Waals surface area contributed by atoms with E-state index in [4.69, 9.17) is 0 Å². The molecule has 0 saturated heterocycles. The Bertz CT molecular complexity index is 400. The second kappa shape index (κ2) is 7.17.